The third-order valence-corrected chi connectivity index (χ3v) is 4.68. The second-order valence-electron chi connectivity index (χ2n) is 6.83. The van der Waals surface area contributed by atoms with E-state index in [1.54, 1.807) is 14.0 Å². The fourth-order valence-corrected chi connectivity index (χ4v) is 2.94. The zero-order valence-corrected chi connectivity index (χ0v) is 14.9. The summed E-state index contributed by atoms with van der Waals surface area (Å²) in [5.41, 5.74) is 1.18. The van der Waals surface area contributed by atoms with Gasteiger partial charge in [-0.2, -0.15) is 0 Å². The molecule has 1 aromatic carbocycles. The van der Waals surface area contributed by atoms with Crippen LogP contribution in [-0.4, -0.2) is 30.3 Å². The molecule has 1 N–H and O–H groups in total. The molecular formula is C20H26O5. The molecule has 5 heteroatoms. The van der Waals surface area contributed by atoms with Crippen LogP contribution in [0.5, 0.6) is 0 Å². The van der Waals surface area contributed by atoms with Crippen LogP contribution >= 0.6 is 0 Å². The van der Waals surface area contributed by atoms with Gasteiger partial charge in [0.25, 0.3) is 0 Å². The zero-order valence-electron chi connectivity index (χ0n) is 14.9. The van der Waals surface area contributed by atoms with E-state index in [0.29, 0.717) is 32.3 Å². The molecule has 0 aliphatic heterocycles. The molecule has 1 aliphatic rings. The quantitative estimate of drug-likeness (QED) is 0.630. The highest BCUT2D eigenvalue weighted by molar-refractivity contribution is 5.74. The van der Waals surface area contributed by atoms with Crippen molar-refractivity contribution in [3.8, 4) is 0 Å². The molecular weight excluding hydrogens is 320 g/mol. The summed E-state index contributed by atoms with van der Waals surface area (Å²) in [6.45, 7) is 2.30. The number of hydrogen-bond acceptors (Lipinski definition) is 4. The van der Waals surface area contributed by atoms with Crippen LogP contribution in [0.25, 0.3) is 0 Å². The van der Waals surface area contributed by atoms with Crippen LogP contribution in [0.2, 0.25) is 0 Å². The van der Waals surface area contributed by atoms with Gasteiger partial charge in [0.2, 0.25) is 0 Å². The fourth-order valence-electron chi connectivity index (χ4n) is 2.94. The Hall–Kier alpha value is -2.14. The van der Waals surface area contributed by atoms with Crippen LogP contribution in [0, 0.1) is 5.41 Å². The summed E-state index contributed by atoms with van der Waals surface area (Å²) in [7, 11) is 1.64. The standard InChI is InChI=1S/C20H26O5/c1-20(19(22)23)11-4-3-5-17(10-12-20)25-18(21)13-15-6-8-16(9-7-15)14-24-2/h3,5-9,17H,4,10-14H2,1-2H3,(H,22,23)/b5-3+. The van der Waals surface area contributed by atoms with Crippen molar-refractivity contribution in [1.82, 2.24) is 0 Å². The number of aliphatic carboxylic acids is 1. The molecule has 1 aliphatic carbocycles. The number of benzene rings is 1. The van der Waals surface area contributed by atoms with Crippen molar-refractivity contribution in [3.63, 3.8) is 0 Å². The maximum Gasteiger partial charge on any atom is 0.310 e. The summed E-state index contributed by atoms with van der Waals surface area (Å²) in [5, 5.41) is 9.40. The van der Waals surface area contributed by atoms with Crippen LogP contribution in [0.4, 0.5) is 0 Å². The fraction of sp³-hybridized carbons (Fsp3) is 0.500. The topological polar surface area (TPSA) is 72.8 Å². The number of rotatable bonds is 6. The van der Waals surface area contributed by atoms with Crippen molar-refractivity contribution in [1.29, 1.82) is 0 Å². The van der Waals surface area contributed by atoms with Crippen molar-refractivity contribution in [2.45, 2.75) is 51.7 Å². The van der Waals surface area contributed by atoms with E-state index in [-0.39, 0.29) is 18.5 Å². The molecule has 2 unspecified atom stereocenters. The lowest BCUT2D eigenvalue weighted by Crippen LogP contribution is -2.30. The molecule has 2 rings (SSSR count). The Kier molecular flexibility index (Phi) is 6.76. The van der Waals surface area contributed by atoms with Crippen molar-refractivity contribution >= 4 is 11.9 Å². The Bertz CT molecular complexity index is 619. The van der Waals surface area contributed by atoms with Crippen molar-refractivity contribution < 1.29 is 24.2 Å². The van der Waals surface area contributed by atoms with Gasteiger partial charge in [0, 0.05) is 7.11 Å². The molecule has 2 atom stereocenters. The first kappa shape index (κ1) is 19.2. The number of hydrogen-bond donors (Lipinski definition) is 1. The summed E-state index contributed by atoms with van der Waals surface area (Å²) < 4.78 is 10.6. The van der Waals surface area contributed by atoms with Crippen molar-refractivity contribution in [2.24, 2.45) is 5.41 Å². The van der Waals surface area contributed by atoms with Crippen LogP contribution in [0.15, 0.2) is 36.4 Å². The van der Waals surface area contributed by atoms with Gasteiger partial charge in [-0.25, -0.2) is 0 Å². The number of allylic oxidation sites excluding steroid dienone is 1. The first-order valence-electron chi connectivity index (χ1n) is 8.59. The predicted molar refractivity (Wildman–Crippen MR) is 94.1 cm³/mol. The molecule has 0 amide bonds. The number of carbonyl (C=O) groups is 2. The highest BCUT2D eigenvalue weighted by Gasteiger charge is 2.34. The first-order valence-corrected chi connectivity index (χ1v) is 8.59. The van der Waals surface area contributed by atoms with Gasteiger partial charge in [-0.15, -0.1) is 0 Å². The molecule has 0 saturated heterocycles. The molecule has 0 bridgehead atoms. The zero-order chi connectivity index (χ0) is 18.3. The van der Waals surface area contributed by atoms with E-state index in [1.807, 2.05) is 36.4 Å². The van der Waals surface area contributed by atoms with Crippen LogP contribution in [0.1, 0.15) is 43.7 Å². The van der Waals surface area contributed by atoms with Crippen molar-refractivity contribution in [2.75, 3.05) is 7.11 Å². The Morgan fingerprint density at radius 3 is 2.52 bits per heavy atom. The molecule has 5 nitrogen and oxygen atoms in total. The van der Waals surface area contributed by atoms with Gasteiger partial charge >= 0.3 is 11.9 Å². The molecule has 0 radical (unpaired) electrons. The second kappa shape index (κ2) is 8.81. The Morgan fingerprint density at radius 1 is 1.20 bits per heavy atom. The van der Waals surface area contributed by atoms with Gasteiger partial charge in [-0.05, 0) is 49.8 Å². The minimum absolute atomic E-state index is 0.202. The van der Waals surface area contributed by atoms with E-state index in [9.17, 15) is 14.7 Å². The smallest absolute Gasteiger partial charge is 0.310 e. The third-order valence-electron chi connectivity index (χ3n) is 4.68. The molecule has 0 saturated carbocycles. The SMILES string of the molecule is COCc1ccc(CC(=O)OC2/C=C/CCC(C)(C(=O)O)CC2)cc1. The third kappa shape index (κ3) is 5.71. The van der Waals surface area contributed by atoms with E-state index >= 15 is 0 Å². The van der Waals surface area contributed by atoms with Crippen LogP contribution in [-0.2, 0) is 32.1 Å². The lowest BCUT2D eigenvalue weighted by Gasteiger charge is -2.27. The number of esters is 1. The monoisotopic (exact) mass is 346 g/mol. The Morgan fingerprint density at radius 2 is 1.88 bits per heavy atom. The van der Waals surface area contributed by atoms with Crippen LogP contribution < -0.4 is 0 Å². The van der Waals surface area contributed by atoms with Gasteiger partial charge < -0.3 is 14.6 Å². The van der Waals surface area contributed by atoms with E-state index in [2.05, 4.69) is 0 Å². The number of carboxylic acid groups (broad SMARTS) is 1. The Labute approximate surface area is 148 Å². The maximum absolute atomic E-state index is 12.2. The van der Waals surface area contributed by atoms with Gasteiger partial charge in [-0.3, -0.25) is 9.59 Å². The lowest BCUT2D eigenvalue weighted by atomic mass is 9.79. The largest absolute Gasteiger partial charge is 0.481 e. The average Bonchev–Trinajstić information content (AvgIpc) is 2.56. The Balaban J connectivity index is 1.90. The van der Waals surface area contributed by atoms with Crippen LogP contribution in [0.3, 0.4) is 0 Å². The van der Waals surface area contributed by atoms with Crippen molar-refractivity contribution in [3.05, 3.63) is 47.5 Å². The average molecular weight is 346 g/mol. The summed E-state index contributed by atoms with van der Waals surface area (Å²) in [6.07, 6.45) is 5.94. The summed E-state index contributed by atoms with van der Waals surface area (Å²) >= 11 is 0. The normalized spacial score (nSPS) is 24.8. The summed E-state index contributed by atoms with van der Waals surface area (Å²) in [5.74, 6) is -1.09. The molecule has 25 heavy (non-hydrogen) atoms. The lowest BCUT2D eigenvalue weighted by molar-refractivity contribution is -0.150. The predicted octanol–water partition coefficient (Wildman–Crippen LogP) is 3.51. The van der Waals surface area contributed by atoms with E-state index in [1.165, 1.54) is 0 Å². The van der Waals surface area contributed by atoms with Gasteiger partial charge in [0.1, 0.15) is 6.10 Å². The molecule has 136 valence electrons. The molecule has 0 fully saturated rings. The molecule has 0 heterocycles. The van der Waals surface area contributed by atoms with Gasteiger partial charge in [0.15, 0.2) is 0 Å². The molecule has 1 aromatic rings. The highest BCUT2D eigenvalue weighted by atomic mass is 16.5. The minimum Gasteiger partial charge on any atom is -0.481 e. The van der Waals surface area contributed by atoms with Gasteiger partial charge in [-0.1, -0.05) is 30.3 Å². The first-order chi connectivity index (χ1) is 11.9. The molecule has 0 aromatic heterocycles. The molecule has 0 spiro atoms. The van der Waals surface area contributed by atoms with E-state index < -0.39 is 11.4 Å². The summed E-state index contributed by atoms with van der Waals surface area (Å²) in [6, 6.07) is 7.65. The number of carboxylic acids is 1. The van der Waals surface area contributed by atoms with E-state index in [0.717, 1.165) is 11.1 Å². The number of ether oxygens (including phenoxy) is 2. The van der Waals surface area contributed by atoms with Gasteiger partial charge in [0.05, 0.1) is 18.4 Å². The maximum atomic E-state index is 12.2. The minimum atomic E-state index is -0.788. The summed E-state index contributed by atoms with van der Waals surface area (Å²) in [4.78, 5) is 23.6. The second-order valence-corrected chi connectivity index (χ2v) is 6.83. The van der Waals surface area contributed by atoms with E-state index in [4.69, 9.17) is 9.47 Å². The number of carbonyl (C=O) groups excluding carboxylic acids is 1. The number of methoxy groups -OCH3 is 1. The highest BCUT2D eigenvalue weighted by Crippen LogP contribution is 2.32.